The fourth-order valence-corrected chi connectivity index (χ4v) is 0.859. The van der Waals surface area contributed by atoms with Crippen LogP contribution in [0.4, 0.5) is 0 Å². The van der Waals surface area contributed by atoms with Crippen molar-refractivity contribution in [3.8, 4) is 0 Å². The molecule has 0 amide bonds. The summed E-state index contributed by atoms with van der Waals surface area (Å²) in [5, 5.41) is 3.25. The molecule has 0 aromatic heterocycles. The summed E-state index contributed by atoms with van der Waals surface area (Å²) in [6.45, 7) is 9.06. The first-order chi connectivity index (χ1) is 5.07. The highest BCUT2D eigenvalue weighted by atomic mass is 15.1. The van der Waals surface area contributed by atoms with E-state index in [0.29, 0.717) is 11.8 Å². The fraction of sp³-hybridized carbons (Fsp3) is 0.875. The lowest BCUT2D eigenvalue weighted by atomic mass is 10.1. The number of aliphatic imine (C=N–C) groups is 1. The zero-order valence-corrected chi connectivity index (χ0v) is 7.89. The maximum absolute atomic E-state index is 5.47. The van der Waals surface area contributed by atoms with Gasteiger partial charge in [-0.3, -0.25) is 10.3 Å². The molecular weight excluding hydrogens is 138 g/mol. The highest BCUT2D eigenvalue weighted by molar-refractivity contribution is 5.77. The lowest BCUT2D eigenvalue weighted by Gasteiger charge is -2.17. The Kier molecular flexibility index (Phi) is 4.86. The molecule has 0 aliphatic carbocycles. The minimum atomic E-state index is 0.171. The summed E-state index contributed by atoms with van der Waals surface area (Å²) in [5.41, 5.74) is 5.47. The fourth-order valence-electron chi connectivity index (χ4n) is 0.859. The predicted octanol–water partition coefficient (Wildman–Crippen LogP) is 0.955. The van der Waals surface area contributed by atoms with Gasteiger partial charge in [0.25, 0.3) is 0 Å². The van der Waals surface area contributed by atoms with Crippen LogP contribution in [0, 0.1) is 5.92 Å². The molecule has 0 spiro atoms. The van der Waals surface area contributed by atoms with Gasteiger partial charge < -0.3 is 5.73 Å². The molecule has 3 nitrogen and oxygen atoms in total. The second-order valence-corrected chi connectivity index (χ2v) is 3.02. The molecule has 0 aliphatic heterocycles. The average Bonchev–Trinajstić information content (AvgIpc) is 1.86. The summed E-state index contributed by atoms with van der Waals surface area (Å²) in [7, 11) is 0. The molecule has 11 heavy (non-hydrogen) atoms. The van der Waals surface area contributed by atoms with E-state index in [1.54, 1.807) is 0 Å². The summed E-state index contributed by atoms with van der Waals surface area (Å²) in [5.74, 6) is 1.14. The Morgan fingerprint density at radius 1 is 1.55 bits per heavy atom. The van der Waals surface area contributed by atoms with Gasteiger partial charge in [-0.25, -0.2) is 0 Å². The number of nitrogens with zero attached hydrogens (tertiary/aromatic N) is 1. The van der Waals surface area contributed by atoms with Gasteiger partial charge in [0.05, 0.1) is 5.84 Å². The zero-order chi connectivity index (χ0) is 8.85. The molecule has 0 heterocycles. The molecule has 0 fully saturated rings. The second kappa shape index (κ2) is 5.13. The largest absolute Gasteiger partial charge is 0.388 e. The monoisotopic (exact) mass is 157 g/mol. The zero-order valence-electron chi connectivity index (χ0n) is 7.89. The van der Waals surface area contributed by atoms with Crippen molar-refractivity contribution in [1.82, 2.24) is 5.32 Å². The molecule has 0 aromatic rings. The molecule has 66 valence electrons. The topological polar surface area (TPSA) is 50.4 Å². The Labute approximate surface area is 69.1 Å². The van der Waals surface area contributed by atoms with Crippen molar-refractivity contribution in [2.24, 2.45) is 16.6 Å². The van der Waals surface area contributed by atoms with Gasteiger partial charge in [-0.05, 0) is 19.4 Å². The van der Waals surface area contributed by atoms with Crippen molar-refractivity contribution < 1.29 is 0 Å². The van der Waals surface area contributed by atoms with Crippen molar-refractivity contribution in [2.75, 3.05) is 6.54 Å². The van der Waals surface area contributed by atoms with Crippen LogP contribution < -0.4 is 11.1 Å². The van der Waals surface area contributed by atoms with Crippen LogP contribution in [-0.2, 0) is 0 Å². The summed E-state index contributed by atoms with van der Waals surface area (Å²) in [6.07, 6.45) is 0.171. The average molecular weight is 157 g/mol. The van der Waals surface area contributed by atoms with Crippen molar-refractivity contribution in [3.05, 3.63) is 0 Å². The quantitative estimate of drug-likeness (QED) is 0.471. The SMILES string of the molecule is CCNC(N=C(C)N)C(C)C. The molecule has 0 saturated heterocycles. The summed E-state index contributed by atoms with van der Waals surface area (Å²) in [6, 6.07) is 0. The molecule has 0 rings (SSSR count). The number of nitrogens with two attached hydrogens (primary N) is 1. The van der Waals surface area contributed by atoms with E-state index < -0.39 is 0 Å². The second-order valence-electron chi connectivity index (χ2n) is 3.02. The van der Waals surface area contributed by atoms with Crippen LogP contribution in [0.15, 0.2) is 4.99 Å². The first-order valence-electron chi connectivity index (χ1n) is 4.11. The molecule has 3 N–H and O–H groups in total. The third-order valence-corrected chi connectivity index (χ3v) is 1.39. The number of hydrogen-bond donors (Lipinski definition) is 2. The Morgan fingerprint density at radius 3 is 2.36 bits per heavy atom. The van der Waals surface area contributed by atoms with Crippen molar-refractivity contribution in [3.63, 3.8) is 0 Å². The standard InChI is InChI=1S/C8H19N3/c1-5-10-8(6(2)3)11-7(4)9/h6,8,10H,5H2,1-4H3,(H2,9,11). The van der Waals surface area contributed by atoms with Gasteiger partial charge in [0.2, 0.25) is 0 Å². The van der Waals surface area contributed by atoms with Gasteiger partial charge in [-0.2, -0.15) is 0 Å². The van der Waals surface area contributed by atoms with Crippen LogP contribution in [-0.4, -0.2) is 18.5 Å². The number of hydrogen-bond acceptors (Lipinski definition) is 2. The van der Waals surface area contributed by atoms with Crippen LogP contribution in [0.25, 0.3) is 0 Å². The summed E-state index contributed by atoms with van der Waals surface area (Å²) < 4.78 is 0. The van der Waals surface area contributed by atoms with Gasteiger partial charge in [0.15, 0.2) is 0 Å². The Morgan fingerprint density at radius 2 is 2.09 bits per heavy atom. The predicted molar refractivity (Wildman–Crippen MR) is 49.6 cm³/mol. The number of nitrogens with one attached hydrogen (secondary N) is 1. The van der Waals surface area contributed by atoms with Gasteiger partial charge in [-0.15, -0.1) is 0 Å². The number of amidine groups is 1. The molecule has 0 radical (unpaired) electrons. The maximum atomic E-state index is 5.47. The van der Waals surface area contributed by atoms with Crippen LogP contribution in [0.5, 0.6) is 0 Å². The van der Waals surface area contributed by atoms with E-state index in [0.717, 1.165) is 6.54 Å². The Hall–Kier alpha value is -0.570. The molecule has 0 saturated carbocycles. The van der Waals surface area contributed by atoms with Gasteiger partial charge in [-0.1, -0.05) is 20.8 Å². The van der Waals surface area contributed by atoms with E-state index >= 15 is 0 Å². The number of rotatable bonds is 4. The van der Waals surface area contributed by atoms with E-state index in [-0.39, 0.29) is 6.17 Å². The first-order valence-corrected chi connectivity index (χ1v) is 4.11. The minimum absolute atomic E-state index is 0.171. The van der Waals surface area contributed by atoms with Crippen molar-refractivity contribution in [1.29, 1.82) is 0 Å². The van der Waals surface area contributed by atoms with Gasteiger partial charge in [0, 0.05) is 0 Å². The van der Waals surface area contributed by atoms with E-state index in [9.17, 15) is 0 Å². The lowest BCUT2D eigenvalue weighted by molar-refractivity contribution is 0.422. The molecule has 0 aromatic carbocycles. The van der Waals surface area contributed by atoms with E-state index in [2.05, 4.69) is 31.1 Å². The summed E-state index contributed by atoms with van der Waals surface area (Å²) in [4.78, 5) is 4.25. The molecule has 1 unspecified atom stereocenters. The van der Waals surface area contributed by atoms with Crippen molar-refractivity contribution in [2.45, 2.75) is 33.9 Å². The van der Waals surface area contributed by atoms with Crippen molar-refractivity contribution >= 4 is 5.84 Å². The third-order valence-electron chi connectivity index (χ3n) is 1.39. The lowest BCUT2D eigenvalue weighted by Crippen LogP contribution is -2.33. The molecule has 1 atom stereocenters. The van der Waals surface area contributed by atoms with E-state index in [1.165, 1.54) is 0 Å². The van der Waals surface area contributed by atoms with Gasteiger partial charge in [0.1, 0.15) is 6.17 Å². The summed E-state index contributed by atoms with van der Waals surface area (Å²) >= 11 is 0. The van der Waals surface area contributed by atoms with Crippen LogP contribution in [0.1, 0.15) is 27.7 Å². The third kappa shape index (κ3) is 4.79. The highest BCUT2D eigenvalue weighted by Crippen LogP contribution is 2.01. The molecule has 3 heteroatoms. The Balaban J connectivity index is 4.00. The highest BCUT2D eigenvalue weighted by Gasteiger charge is 2.08. The van der Waals surface area contributed by atoms with Crippen LogP contribution in [0.2, 0.25) is 0 Å². The molecule has 0 aliphatic rings. The maximum Gasteiger partial charge on any atom is 0.104 e. The van der Waals surface area contributed by atoms with E-state index in [4.69, 9.17) is 5.73 Å². The molecular formula is C8H19N3. The van der Waals surface area contributed by atoms with E-state index in [1.807, 2.05) is 6.92 Å². The van der Waals surface area contributed by atoms with Gasteiger partial charge >= 0.3 is 0 Å². The smallest absolute Gasteiger partial charge is 0.104 e. The van der Waals surface area contributed by atoms with Crippen LogP contribution in [0.3, 0.4) is 0 Å². The molecule has 0 bridgehead atoms. The van der Waals surface area contributed by atoms with Crippen LogP contribution >= 0.6 is 0 Å². The Bertz CT molecular complexity index is 125. The first kappa shape index (κ1) is 10.4. The normalized spacial score (nSPS) is 15.5. The minimum Gasteiger partial charge on any atom is -0.388 e.